The first-order chi connectivity index (χ1) is 14.5. The average molecular weight is 433 g/mol. The number of benzene rings is 2. The monoisotopic (exact) mass is 433 g/mol. The van der Waals surface area contributed by atoms with Gasteiger partial charge in [0.15, 0.2) is 5.16 Å². The van der Waals surface area contributed by atoms with E-state index in [4.69, 9.17) is 9.26 Å². The second-order valence-corrected chi connectivity index (χ2v) is 6.97. The van der Waals surface area contributed by atoms with E-state index in [1.807, 2.05) is 24.3 Å². The second kappa shape index (κ2) is 8.19. The van der Waals surface area contributed by atoms with Crippen LogP contribution in [0.25, 0.3) is 17.1 Å². The van der Waals surface area contributed by atoms with Gasteiger partial charge in [0.05, 0.1) is 24.1 Å². The SMILES string of the molecule is COc1ccccc1-n1cnnc1SCc1nc(-c2ccc(C(F)(F)F)cc2)no1. The lowest BCUT2D eigenvalue weighted by Gasteiger charge is -2.10. The number of aromatic nitrogens is 5. The van der Waals surface area contributed by atoms with Gasteiger partial charge in [0.1, 0.15) is 12.1 Å². The molecule has 0 saturated carbocycles. The van der Waals surface area contributed by atoms with Gasteiger partial charge in [-0.1, -0.05) is 41.2 Å². The first kappa shape index (κ1) is 20.0. The third kappa shape index (κ3) is 4.15. The van der Waals surface area contributed by atoms with Gasteiger partial charge in [0.25, 0.3) is 0 Å². The Morgan fingerprint density at radius 3 is 2.60 bits per heavy atom. The van der Waals surface area contributed by atoms with Gasteiger partial charge in [-0.2, -0.15) is 18.2 Å². The van der Waals surface area contributed by atoms with Crippen LogP contribution in [0.15, 0.2) is 64.5 Å². The van der Waals surface area contributed by atoms with Crippen LogP contribution in [0, 0.1) is 0 Å². The van der Waals surface area contributed by atoms with Crippen LogP contribution in [0.4, 0.5) is 13.2 Å². The molecule has 0 saturated heterocycles. The molecule has 11 heteroatoms. The molecular weight excluding hydrogens is 419 g/mol. The molecule has 0 N–H and O–H groups in total. The van der Waals surface area contributed by atoms with Crippen LogP contribution in [-0.4, -0.2) is 32.0 Å². The van der Waals surface area contributed by atoms with Crippen LogP contribution in [0.2, 0.25) is 0 Å². The smallest absolute Gasteiger partial charge is 0.416 e. The van der Waals surface area contributed by atoms with Crippen LogP contribution >= 0.6 is 11.8 Å². The van der Waals surface area contributed by atoms with E-state index in [9.17, 15) is 13.2 Å². The molecule has 30 heavy (non-hydrogen) atoms. The Kier molecular flexibility index (Phi) is 5.44. The number of halogens is 3. The normalized spacial score (nSPS) is 11.6. The fourth-order valence-electron chi connectivity index (χ4n) is 2.68. The number of alkyl halides is 3. The van der Waals surface area contributed by atoms with Crippen molar-refractivity contribution in [1.29, 1.82) is 0 Å². The summed E-state index contributed by atoms with van der Waals surface area (Å²) in [7, 11) is 1.58. The van der Waals surface area contributed by atoms with E-state index in [1.54, 1.807) is 18.0 Å². The zero-order valence-corrected chi connectivity index (χ0v) is 16.3. The van der Waals surface area contributed by atoms with Crippen molar-refractivity contribution >= 4 is 11.8 Å². The number of rotatable bonds is 6. The molecule has 0 aliphatic carbocycles. The molecule has 154 valence electrons. The minimum absolute atomic E-state index is 0.213. The van der Waals surface area contributed by atoms with E-state index in [0.29, 0.717) is 28.1 Å². The molecule has 0 spiro atoms. The summed E-state index contributed by atoms with van der Waals surface area (Å²) in [6.45, 7) is 0. The zero-order chi connectivity index (χ0) is 21.1. The summed E-state index contributed by atoms with van der Waals surface area (Å²) in [5, 5.41) is 12.5. The molecule has 0 bridgehead atoms. The largest absolute Gasteiger partial charge is 0.495 e. The molecule has 4 aromatic rings. The van der Waals surface area contributed by atoms with Crippen molar-refractivity contribution in [3.8, 4) is 22.8 Å². The number of para-hydroxylation sites is 2. The molecular formula is C19H14F3N5O2S. The number of ether oxygens (including phenoxy) is 1. The van der Waals surface area contributed by atoms with Crippen molar-refractivity contribution < 1.29 is 22.4 Å². The first-order valence-corrected chi connectivity index (χ1v) is 9.60. The minimum atomic E-state index is -4.39. The van der Waals surface area contributed by atoms with Gasteiger partial charge in [0, 0.05) is 5.56 Å². The minimum Gasteiger partial charge on any atom is -0.495 e. The second-order valence-electron chi connectivity index (χ2n) is 6.03. The lowest BCUT2D eigenvalue weighted by atomic mass is 10.1. The number of methoxy groups -OCH3 is 1. The summed E-state index contributed by atoms with van der Waals surface area (Å²) in [6, 6.07) is 12.0. The van der Waals surface area contributed by atoms with Crippen LogP contribution < -0.4 is 4.74 Å². The summed E-state index contributed by atoms with van der Waals surface area (Å²) in [5.74, 6) is 1.50. The van der Waals surface area contributed by atoms with Crippen LogP contribution in [-0.2, 0) is 11.9 Å². The number of nitrogens with zero attached hydrogens (tertiary/aromatic N) is 5. The average Bonchev–Trinajstić information content (AvgIpc) is 3.41. The van der Waals surface area contributed by atoms with Crippen molar-refractivity contribution in [1.82, 2.24) is 24.9 Å². The molecule has 0 aliphatic heterocycles. The fourth-order valence-corrected chi connectivity index (χ4v) is 3.44. The lowest BCUT2D eigenvalue weighted by Crippen LogP contribution is -2.04. The Hall–Kier alpha value is -3.34. The lowest BCUT2D eigenvalue weighted by molar-refractivity contribution is -0.137. The highest BCUT2D eigenvalue weighted by Gasteiger charge is 2.30. The standard InChI is InChI=1S/C19H14F3N5O2S/c1-28-15-5-3-2-4-14(15)27-11-23-25-18(27)30-10-16-24-17(26-29-16)12-6-8-13(9-7-12)19(20,21)22/h2-9,11H,10H2,1H3. The maximum atomic E-state index is 12.7. The molecule has 2 aromatic carbocycles. The Morgan fingerprint density at radius 1 is 1.10 bits per heavy atom. The van der Waals surface area contributed by atoms with Crippen molar-refractivity contribution in [3.05, 3.63) is 66.3 Å². The van der Waals surface area contributed by atoms with E-state index < -0.39 is 11.7 Å². The predicted octanol–water partition coefficient (Wildman–Crippen LogP) is 4.64. The van der Waals surface area contributed by atoms with Crippen molar-refractivity contribution in [2.45, 2.75) is 17.1 Å². The third-order valence-corrected chi connectivity index (χ3v) is 5.05. The molecule has 4 rings (SSSR count). The molecule has 0 amide bonds. The highest BCUT2D eigenvalue weighted by atomic mass is 32.2. The highest BCUT2D eigenvalue weighted by Crippen LogP contribution is 2.31. The molecule has 0 fully saturated rings. The van der Waals surface area contributed by atoms with Gasteiger partial charge in [-0.15, -0.1) is 10.2 Å². The third-order valence-electron chi connectivity index (χ3n) is 4.12. The van der Waals surface area contributed by atoms with Gasteiger partial charge >= 0.3 is 6.18 Å². The highest BCUT2D eigenvalue weighted by molar-refractivity contribution is 7.98. The van der Waals surface area contributed by atoms with Gasteiger partial charge in [-0.3, -0.25) is 4.57 Å². The molecule has 0 unspecified atom stereocenters. The first-order valence-electron chi connectivity index (χ1n) is 8.62. The summed E-state index contributed by atoms with van der Waals surface area (Å²) in [5.41, 5.74) is 0.477. The van der Waals surface area contributed by atoms with E-state index in [-0.39, 0.29) is 5.82 Å². The van der Waals surface area contributed by atoms with Crippen LogP contribution in [0.1, 0.15) is 11.5 Å². The summed E-state index contributed by atoms with van der Waals surface area (Å²) in [6.07, 6.45) is -2.82. The molecule has 2 heterocycles. The van der Waals surface area contributed by atoms with E-state index >= 15 is 0 Å². The van der Waals surface area contributed by atoms with E-state index in [2.05, 4.69) is 20.3 Å². The van der Waals surface area contributed by atoms with E-state index in [0.717, 1.165) is 17.8 Å². The summed E-state index contributed by atoms with van der Waals surface area (Å²) >= 11 is 1.32. The Bertz CT molecular complexity index is 1140. The fraction of sp³-hybridized carbons (Fsp3) is 0.158. The van der Waals surface area contributed by atoms with Crippen molar-refractivity contribution in [2.75, 3.05) is 7.11 Å². The van der Waals surface area contributed by atoms with E-state index in [1.165, 1.54) is 23.9 Å². The van der Waals surface area contributed by atoms with Crippen LogP contribution in [0.5, 0.6) is 5.75 Å². The Balaban J connectivity index is 1.48. The maximum absolute atomic E-state index is 12.7. The predicted molar refractivity (Wildman–Crippen MR) is 102 cm³/mol. The Morgan fingerprint density at radius 2 is 1.87 bits per heavy atom. The molecule has 0 aliphatic rings. The van der Waals surface area contributed by atoms with Crippen LogP contribution in [0.3, 0.4) is 0 Å². The van der Waals surface area contributed by atoms with Crippen molar-refractivity contribution in [2.24, 2.45) is 0 Å². The zero-order valence-electron chi connectivity index (χ0n) is 15.5. The summed E-state index contributed by atoms with van der Waals surface area (Å²) < 4.78 is 50.4. The van der Waals surface area contributed by atoms with Crippen molar-refractivity contribution in [3.63, 3.8) is 0 Å². The Labute approximate surface area is 172 Å². The quantitative estimate of drug-likeness (QED) is 0.410. The molecule has 2 aromatic heterocycles. The maximum Gasteiger partial charge on any atom is 0.416 e. The van der Waals surface area contributed by atoms with Gasteiger partial charge in [-0.25, -0.2) is 0 Å². The molecule has 0 radical (unpaired) electrons. The topological polar surface area (TPSA) is 78.9 Å². The van der Waals surface area contributed by atoms with Gasteiger partial charge in [-0.05, 0) is 24.3 Å². The number of hydrogen-bond donors (Lipinski definition) is 0. The molecule has 0 atom stereocenters. The van der Waals surface area contributed by atoms with Gasteiger partial charge < -0.3 is 9.26 Å². The number of thioether (sulfide) groups is 1. The number of hydrogen-bond acceptors (Lipinski definition) is 7. The summed E-state index contributed by atoms with van der Waals surface area (Å²) in [4.78, 5) is 4.25. The molecule has 7 nitrogen and oxygen atoms in total. The van der Waals surface area contributed by atoms with Gasteiger partial charge in [0.2, 0.25) is 11.7 Å².